The van der Waals surface area contributed by atoms with Crippen LogP contribution in [-0.4, -0.2) is 12.2 Å². The van der Waals surface area contributed by atoms with Crippen molar-refractivity contribution in [1.82, 2.24) is 5.32 Å². The van der Waals surface area contributed by atoms with Gasteiger partial charge in [-0.1, -0.05) is 0 Å². The number of nitrogens with one attached hydrogen (secondary N) is 1. The summed E-state index contributed by atoms with van der Waals surface area (Å²) in [4.78, 5) is 10.1. The Kier molecular flexibility index (Phi) is 0.889. The van der Waals surface area contributed by atoms with Gasteiger partial charge in [0.2, 0.25) is 0 Å². The van der Waals surface area contributed by atoms with Gasteiger partial charge < -0.3 is 10.1 Å². The predicted octanol–water partition coefficient (Wildman–Crippen LogP) is 0.276. The number of carbonyl (C=O) groups is 1. The first-order chi connectivity index (χ1) is 3.29. The molecular weight excluding hydrogens is 94.0 g/mol. The molecule has 0 bridgehead atoms. The maximum atomic E-state index is 10.1. The monoisotopic (exact) mass is 100 g/mol. The average Bonchev–Trinajstić information content (AvgIpc) is 1.87. The molecule has 39 valence electrons. The van der Waals surface area contributed by atoms with E-state index in [0.29, 0.717) is 0 Å². The Morgan fingerprint density at radius 1 is 2.00 bits per heavy atom. The molecule has 1 amide bonds. The lowest BCUT2D eigenvalue weighted by Gasteiger charge is -1.92. The molecule has 1 saturated heterocycles. The first-order valence-corrected chi connectivity index (χ1v) is 2.09. The quantitative estimate of drug-likeness (QED) is 0.474. The van der Waals surface area contributed by atoms with E-state index in [9.17, 15) is 4.79 Å². The summed E-state index contributed by atoms with van der Waals surface area (Å²) in [6.07, 6.45) is -0.417. The normalized spacial score (nSPS) is 29.3. The van der Waals surface area contributed by atoms with E-state index in [4.69, 9.17) is 0 Å². The van der Waals surface area contributed by atoms with Crippen molar-refractivity contribution in [3.63, 3.8) is 0 Å². The van der Waals surface area contributed by atoms with Crippen LogP contribution in [0.2, 0.25) is 0 Å². The largest absolute Gasteiger partial charge is 0.444 e. The number of cyclic esters (lactones) is 1. The Hall–Kier alpha value is -0.730. The number of hydrogen-bond acceptors (Lipinski definition) is 2. The number of carbonyl (C=O) groups excluding carboxylic acids is 1. The number of ether oxygens (including phenoxy) is 1. The molecule has 0 aromatic rings. The molecule has 0 spiro atoms. The molecule has 3 heteroatoms. The fourth-order valence-electron chi connectivity index (χ4n) is 0.422. The van der Waals surface area contributed by atoms with E-state index in [1.807, 2.05) is 0 Å². The van der Waals surface area contributed by atoms with Crippen molar-refractivity contribution in [2.45, 2.75) is 13.0 Å². The van der Waals surface area contributed by atoms with Gasteiger partial charge in [-0.15, -0.1) is 0 Å². The molecule has 0 aromatic heterocycles. The molecule has 1 radical (unpaired) electrons. The van der Waals surface area contributed by atoms with Gasteiger partial charge in [-0.3, -0.25) is 0 Å². The second kappa shape index (κ2) is 1.40. The van der Waals surface area contributed by atoms with Crippen LogP contribution < -0.4 is 5.32 Å². The fraction of sp³-hybridized carbons (Fsp3) is 0.500. The number of rotatable bonds is 0. The van der Waals surface area contributed by atoms with E-state index in [2.05, 4.69) is 10.1 Å². The molecule has 1 aliphatic heterocycles. The second-order valence-electron chi connectivity index (χ2n) is 1.42. The van der Waals surface area contributed by atoms with Crippen LogP contribution in [0, 0.1) is 6.54 Å². The topological polar surface area (TPSA) is 38.3 Å². The highest BCUT2D eigenvalue weighted by molar-refractivity contribution is 5.70. The average molecular weight is 100 g/mol. The van der Waals surface area contributed by atoms with Gasteiger partial charge in [0.25, 0.3) is 0 Å². The van der Waals surface area contributed by atoms with Gasteiger partial charge >= 0.3 is 6.09 Å². The summed E-state index contributed by atoms with van der Waals surface area (Å²) in [6, 6.07) is 0. The molecule has 7 heavy (non-hydrogen) atoms. The summed E-state index contributed by atoms with van der Waals surface area (Å²) in [7, 11) is 0. The van der Waals surface area contributed by atoms with Gasteiger partial charge in [-0.05, 0) is 6.92 Å². The van der Waals surface area contributed by atoms with Crippen LogP contribution in [0.25, 0.3) is 0 Å². The lowest BCUT2D eigenvalue weighted by molar-refractivity contribution is 0.151. The summed E-state index contributed by atoms with van der Waals surface area (Å²) in [5.74, 6) is 0. The SMILES string of the molecule is CC1[CH]NC(=O)O1. The van der Waals surface area contributed by atoms with Gasteiger partial charge in [-0.25, -0.2) is 4.79 Å². The van der Waals surface area contributed by atoms with Crippen LogP contribution >= 0.6 is 0 Å². The zero-order valence-corrected chi connectivity index (χ0v) is 3.97. The number of hydrogen-bond donors (Lipinski definition) is 1. The zero-order valence-electron chi connectivity index (χ0n) is 3.97. The third kappa shape index (κ3) is 0.824. The maximum absolute atomic E-state index is 10.1. The van der Waals surface area contributed by atoms with E-state index >= 15 is 0 Å². The van der Waals surface area contributed by atoms with Gasteiger partial charge in [-0.2, -0.15) is 0 Å². The predicted molar refractivity (Wildman–Crippen MR) is 23.4 cm³/mol. The molecule has 3 nitrogen and oxygen atoms in total. The van der Waals surface area contributed by atoms with Gasteiger partial charge in [0.05, 0.1) is 6.54 Å². The van der Waals surface area contributed by atoms with Crippen molar-refractivity contribution in [2.24, 2.45) is 0 Å². The van der Waals surface area contributed by atoms with E-state index in [1.54, 1.807) is 13.5 Å². The molecule has 1 unspecified atom stereocenters. The third-order valence-corrected chi connectivity index (χ3v) is 0.729. The zero-order chi connectivity index (χ0) is 5.28. The van der Waals surface area contributed by atoms with E-state index in [1.165, 1.54) is 0 Å². The lowest BCUT2D eigenvalue weighted by Crippen LogP contribution is -2.08. The Morgan fingerprint density at radius 3 is 2.86 bits per heavy atom. The van der Waals surface area contributed by atoms with E-state index in [0.717, 1.165) is 0 Å². The highest BCUT2D eigenvalue weighted by Crippen LogP contribution is 2.00. The Labute approximate surface area is 41.7 Å². The Balaban J connectivity index is 2.40. The van der Waals surface area contributed by atoms with Crippen molar-refractivity contribution < 1.29 is 9.53 Å². The van der Waals surface area contributed by atoms with E-state index in [-0.39, 0.29) is 12.2 Å². The van der Waals surface area contributed by atoms with Crippen molar-refractivity contribution in [3.8, 4) is 0 Å². The molecular formula is C4H6NO2. The summed E-state index contributed by atoms with van der Waals surface area (Å²) >= 11 is 0. The summed E-state index contributed by atoms with van der Waals surface area (Å²) in [5, 5.41) is 2.38. The number of amides is 1. The minimum absolute atomic E-state index is 0.0625. The highest BCUT2D eigenvalue weighted by atomic mass is 16.6. The maximum Gasteiger partial charge on any atom is 0.407 e. The van der Waals surface area contributed by atoms with Crippen LogP contribution in [0.1, 0.15) is 6.92 Å². The lowest BCUT2D eigenvalue weighted by atomic mass is 10.4. The van der Waals surface area contributed by atoms with Crippen LogP contribution in [0.3, 0.4) is 0 Å². The fourth-order valence-corrected chi connectivity index (χ4v) is 0.422. The van der Waals surface area contributed by atoms with Crippen molar-refractivity contribution in [2.75, 3.05) is 0 Å². The highest BCUT2D eigenvalue weighted by Gasteiger charge is 2.16. The smallest absolute Gasteiger partial charge is 0.407 e. The molecule has 1 heterocycles. The van der Waals surface area contributed by atoms with Gasteiger partial charge in [0, 0.05) is 0 Å². The summed E-state index contributed by atoms with van der Waals surface area (Å²) in [5.41, 5.74) is 0. The van der Waals surface area contributed by atoms with Crippen LogP contribution in [-0.2, 0) is 4.74 Å². The standard InChI is InChI=1S/C4H6NO2/c1-3-2-5-4(6)7-3/h2-3H,1H3,(H,5,6). The first kappa shape index (κ1) is 4.43. The van der Waals surface area contributed by atoms with E-state index < -0.39 is 0 Å². The van der Waals surface area contributed by atoms with Crippen molar-refractivity contribution in [3.05, 3.63) is 6.54 Å². The van der Waals surface area contributed by atoms with Crippen LogP contribution in [0.5, 0.6) is 0 Å². The molecule has 1 fully saturated rings. The molecule has 0 saturated carbocycles. The molecule has 0 aliphatic carbocycles. The van der Waals surface area contributed by atoms with Crippen LogP contribution in [0.4, 0.5) is 4.79 Å². The Morgan fingerprint density at radius 2 is 2.71 bits per heavy atom. The molecule has 1 aliphatic rings. The minimum atomic E-state index is -0.354. The molecule has 0 aromatic carbocycles. The molecule has 1 rings (SSSR count). The molecule has 1 N–H and O–H groups in total. The second-order valence-corrected chi connectivity index (χ2v) is 1.42. The summed E-state index contributed by atoms with van der Waals surface area (Å²) < 4.78 is 4.56. The molecule has 1 atom stereocenters. The van der Waals surface area contributed by atoms with Gasteiger partial charge in [0.15, 0.2) is 0 Å². The van der Waals surface area contributed by atoms with Crippen LogP contribution in [0.15, 0.2) is 0 Å². The van der Waals surface area contributed by atoms with Gasteiger partial charge in [0.1, 0.15) is 6.10 Å². The third-order valence-electron chi connectivity index (χ3n) is 0.729. The van der Waals surface area contributed by atoms with Crippen molar-refractivity contribution >= 4 is 6.09 Å². The van der Waals surface area contributed by atoms with Crippen molar-refractivity contribution in [1.29, 1.82) is 0 Å². The minimum Gasteiger partial charge on any atom is -0.444 e. The summed E-state index contributed by atoms with van der Waals surface area (Å²) in [6.45, 7) is 3.39. The number of alkyl carbamates (subject to hydrolysis) is 1. The first-order valence-electron chi connectivity index (χ1n) is 2.09. The Bertz CT molecular complexity index is 91.7.